The number of allylic oxidation sites excluding steroid dienone is 1. The van der Waals surface area contributed by atoms with Gasteiger partial charge in [-0.1, -0.05) is 11.8 Å². The average Bonchev–Trinajstić information content (AvgIpc) is 2.83. The highest BCUT2D eigenvalue weighted by atomic mass is 32.2. The topological polar surface area (TPSA) is 50.5 Å². The van der Waals surface area contributed by atoms with Crippen molar-refractivity contribution in [2.24, 2.45) is 0 Å². The van der Waals surface area contributed by atoms with Crippen LogP contribution in [-0.4, -0.2) is 29.4 Å². The Morgan fingerprint density at radius 3 is 3.00 bits per heavy atom. The first-order chi connectivity index (χ1) is 7.18. The fourth-order valence-electron chi connectivity index (χ4n) is 1.19. The van der Waals surface area contributed by atoms with Crippen LogP contribution < -0.4 is 0 Å². The van der Waals surface area contributed by atoms with E-state index < -0.39 is 0 Å². The molecule has 0 N–H and O–H groups in total. The number of amides is 1. The highest BCUT2D eigenvalue weighted by Crippen LogP contribution is 2.27. The summed E-state index contributed by atoms with van der Waals surface area (Å²) in [5, 5.41) is 0.668. The molecule has 2 rings (SSSR count). The Morgan fingerprint density at radius 1 is 1.67 bits per heavy atom. The predicted molar refractivity (Wildman–Crippen MR) is 56.3 cm³/mol. The molecule has 1 aromatic heterocycles. The van der Waals surface area contributed by atoms with Gasteiger partial charge in [-0.05, 0) is 12.1 Å². The van der Waals surface area contributed by atoms with Crippen LogP contribution in [0.1, 0.15) is 10.6 Å². The number of rotatable bonds is 2. The zero-order valence-electron chi connectivity index (χ0n) is 8.10. The van der Waals surface area contributed by atoms with Crippen LogP contribution in [0, 0.1) is 0 Å². The second kappa shape index (κ2) is 3.94. The van der Waals surface area contributed by atoms with E-state index in [4.69, 9.17) is 4.42 Å². The molecule has 0 aromatic carbocycles. The van der Waals surface area contributed by atoms with Crippen LogP contribution in [0.25, 0.3) is 0 Å². The Labute approximate surface area is 90.9 Å². The van der Waals surface area contributed by atoms with E-state index in [2.05, 4.69) is 0 Å². The van der Waals surface area contributed by atoms with Crippen LogP contribution in [0.3, 0.4) is 0 Å². The van der Waals surface area contributed by atoms with Crippen LogP contribution in [0.4, 0.5) is 0 Å². The Balaban J connectivity index is 2.18. The lowest BCUT2D eigenvalue weighted by Gasteiger charge is -2.07. The third-order valence-corrected chi connectivity index (χ3v) is 3.15. The SMILES string of the molecule is CN1C(=O)CS/C1=C\C(=O)c1ccco1. The first-order valence-electron chi connectivity index (χ1n) is 4.37. The number of carbonyl (C=O) groups is 2. The van der Waals surface area contributed by atoms with Gasteiger partial charge in [-0.3, -0.25) is 9.59 Å². The maximum atomic E-state index is 11.6. The van der Waals surface area contributed by atoms with E-state index in [9.17, 15) is 9.59 Å². The van der Waals surface area contributed by atoms with E-state index in [1.54, 1.807) is 19.2 Å². The summed E-state index contributed by atoms with van der Waals surface area (Å²) in [6, 6.07) is 3.25. The van der Waals surface area contributed by atoms with Gasteiger partial charge in [-0.2, -0.15) is 0 Å². The Morgan fingerprint density at radius 2 is 2.47 bits per heavy atom. The Hall–Kier alpha value is -1.49. The zero-order chi connectivity index (χ0) is 10.8. The second-order valence-electron chi connectivity index (χ2n) is 3.07. The molecule has 0 atom stereocenters. The largest absolute Gasteiger partial charge is 0.461 e. The third kappa shape index (κ3) is 1.97. The van der Waals surface area contributed by atoms with Gasteiger partial charge in [0.05, 0.1) is 17.0 Å². The normalized spacial score (nSPS) is 18.9. The summed E-state index contributed by atoms with van der Waals surface area (Å²) >= 11 is 1.36. The van der Waals surface area contributed by atoms with Gasteiger partial charge in [0.25, 0.3) is 0 Å². The van der Waals surface area contributed by atoms with E-state index in [1.807, 2.05) is 0 Å². The van der Waals surface area contributed by atoms with Crippen LogP contribution >= 0.6 is 11.8 Å². The van der Waals surface area contributed by atoms with Gasteiger partial charge in [-0.15, -0.1) is 0 Å². The lowest BCUT2D eigenvalue weighted by Crippen LogP contribution is -2.19. The lowest BCUT2D eigenvalue weighted by molar-refractivity contribution is -0.124. The lowest BCUT2D eigenvalue weighted by atomic mass is 10.3. The van der Waals surface area contributed by atoms with Crippen molar-refractivity contribution in [3.05, 3.63) is 35.3 Å². The molecule has 4 nitrogen and oxygen atoms in total. The molecule has 15 heavy (non-hydrogen) atoms. The molecule has 0 spiro atoms. The molecule has 1 fully saturated rings. The number of thioether (sulfide) groups is 1. The number of carbonyl (C=O) groups excluding carboxylic acids is 2. The van der Waals surface area contributed by atoms with Gasteiger partial charge < -0.3 is 9.32 Å². The van der Waals surface area contributed by atoms with Crippen molar-refractivity contribution in [1.82, 2.24) is 4.90 Å². The first kappa shape index (κ1) is 10.0. The van der Waals surface area contributed by atoms with Gasteiger partial charge in [0.2, 0.25) is 11.7 Å². The number of ketones is 1. The third-order valence-electron chi connectivity index (χ3n) is 2.07. The molecular formula is C10H9NO3S. The molecule has 1 aromatic rings. The summed E-state index contributed by atoms with van der Waals surface area (Å²) in [5.41, 5.74) is 0. The monoisotopic (exact) mass is 223 g/mol. The molecule has 0 radical (unpaired) electrons. The highest BCUT2D eigenvalue weighted by Gasteiger charge is 2.23. The summed E-state index contributed by atoms with van der Waals surface area (Å²) in [6.45, 7) is 0. The summed E-state index contributed by atoms with van der Waals surface area (Å²) in [4.78, 5) is 24.3. The van der Waals surface area contributed by atoms with Crippen LogP contribution in [-0.2, 0) is 4.79 Å². The number of furan rings is 1. The summed E-state index contributed by atoms with van der Waals surface area (Å²) in [7, 11) is 1.66. The van der Waals surface area contributed by atoms with Crippen molar-refractivity contribution in [2.75, 3.05) is 12.8 Å². The minimum atomic E-state index is -0.218. The van der Waals surface area contributed by atoms with Crippen molar-refractivity contribution >= 4 is 23.5 Å². The van der Waals surface area contributed by atoms with Crippen LogP contribution in [0.15, 0.2) is 33.9 Å². The molecule has 1 aliphatic heterocycles. The van der Waals surface area contributed by atoms with Crippen LogP contribution in [0.2, 0.25) is 0 Å². The smallest absolute Gasteiger partial charge is 0.237 e. The molecule has 5 heteroatoms. The van der Waals surface area contributed by atoms with E-state index in [0.29, 0.717) is 10.8 Å². The molecule has 1 amide bonds. The van der Waals surface area contributed by atoms with Gasteiger partial charge in [-0.25, -0.2) is 0 Å². The summed E-state index contributed by atoms with van der Waals surface area (Å²) in [5.74, 6) is 0.478. The molecule has 0 aliphatic carbocycles. The van der Waals surface area contributed by atoms with E-state index in [1.165, 1.54) is 29.0 Å². The van der Waals surface area contributed by atoms with Crippen molar-refractivity contribution in [3.8, 4) is 0 Å². The molecule has 0 unspecified atom stereocenters. The average molecular weight is 223 g/mol. The fraction of sp³-hybridized carbons (Fsp3) is 0.200. The standard InChI is InChI=1S/C10H9NO3S/c1-11-9(13)6-15-10(11)5-7(12)8-3-2-4-14-8/h2-5H,6H2,1H3/b10-5-. The molecule has 1 aliphatic rings. The zero-order valence-corrected chi connectivity index (χ0v) is 8.91. The quantitative estimate of drug-likeness (QED) is 0.563. The van der Waals surface area contributed by atoms with E-state index in [-0.39, 0.29) is 17.5 Å². The second-order valence-corrected chi connectivity index (χ2v) is 4.06. The molecular weight excluding hydrogens is 214 g/mol. The van der Waals surface area contributed by atoms with Crippen molar-refractivity contribution < 1.29 is 14.0 Å². The molecule has 0 bridgehead atoms. The van der Waals surface area contributed by atoms with Crippen molar-refractivity contribution in [1.29, 1.82) is 0 Å². The fourth-order valence-corrected chi connectivity index (χ4v) is 2.14. The number of hydrogen-bond donors (Lipinski definition) is 0. The van der Waals surface area contributed by atoms with Crippen LogP contribution in [0.5, 0.6) is 0 Å². The molecule has 2 heterocycles. The molecule has 78 valence electrons. The van der Waals surface area contributed by atoms with Gasteiger partial charge in [0.15, 0.2) is 5.76 Å². The number of nitrogens with zero attached hydrogens (tertiary/aromatic N) is 1. The maximum Gasteiger partial charge on any atom is 0.237 e. The summed E-state index contributed by atoms with van der Waals surface area (Å²) < 4.78 is 4.96. The minimum Gasteiger partial charge on any atom is -0.461 e. The van der Waals surface area contributed by atoms with E-state index in [0.717, 1.165) is 0 Å². The number of hydrogen-bond acceptors (Lipinski definition) is 4. The summed E-state index contributed by atoms with van der Waals surface area (Å²) in [6.07, 6.45) is 2.87. The molecule has 1 saturated heterocycles. The van der Waals surface area contributed by atoms with Gasteiger partial charge >= 0.3 is 0 Å². The first-order valence-corrected chi connectivity index (χ1v) is 5.36. The highest BCUT2D eigenvalue weighted by molar-refractivity contribution is 8.04. The predicted octanol–water partition coefficient (Wildman–Crippen LogP) is 1.51. The van der Waals surface area contributed by atoms with Gasteiger partial charge in [0.1, 0.15) is 0 Å². The van der Waals surface area contributed by atoms with Gasteiger partial charge in [0, 0.05) is 13.1 Å². The Bertz CT molecular complexity index is 422. The van der Waals surface area contributed by atoms with Crippen molar-refractivity contribution in [2.45, 2.75) is 0 Å². The van der Waals surface area contributed by atoms with E-state index >= 15 is 0 Å². The maximum absolute atomic E-state index is 11.6. The van der Waals surface area contributed by atoms with Crippen molar-refractivity contribution in [3.63, 3.8) is 0 Å². The minimum absolute atomic E-state index is 0.0125. The Kier molecular flexibility index (Phi) is 2.64. The molecule has 0 saturated carbocycles.